The number of ether oxygens (including phenoxy) is 1. The van der Waals surface area contributed by atoms with E-state index in [9.17, 15) is 14.0 Å². The van der Waals surface area contributed by atoms with Crippen molar-refractivity contribution < 1.29 is 18.7 Å². The molecule has 7 heteroatoms. The maximum Gasteiger partial charge on any atom is 0.227 e. The molecule has 28 heavy (non-hydrogen) atoms. The summed E-state index contributed by atoms with van der Waals surface area (Å²) in [5.41, 5.74) is 0.841. The molecular weight excluding hydrogens is 383 g/mol. The number of halogens is 2. The number of carbonyl (C=O) groups is 2. The molecule has 0 bridgehead atoms. The first kappa shape index (κ1) is 20.1. The zero-order valence-corrected chi connectivity index (χ0v) is 16.3. The normalized spacial score (nSPS) is 14.6. The van der Waals surface area contributed by atoms with E-state index in [1.54, 1.807) is 30.2 Å². The van der Waals surface area contributed by atoms with Gasteiger partial charge >= 0.3 is 0 Å². The number of nitrogens with zero attached hydrogens (tertiary/aromatic N) is 1. The lowest BCUT2D eigenvalue weighted by Crippen LogP contribution is -2.42. The van der Waals surface area contributed by atoms with Crippen LogP contribution in [0.25, 0.3) is 0 Å². The average molecular weight is 405 g/mol. The Balaban J connectivity index is 1.55. The van der Waals surface area contributed by atoms with Gasteiger partial charge in [-0.25, -0.2) is 4.39 Å². The molecule has 0 radical (unpaired) electrons. The van der Waals surface area contributed by atoms with Crippen LogP contribution < -0.4 is 10.1 Å². The number of nitrogens with one attached hydrogen (secondary N) is 1. The smallest absolute Gasteiger partial charge is 0.227 e. The molecule has 0 aromatic heterocycles. The van der Waals surface area contributed by atoms with Crippen LogP contribution in [0.4, 0.5) is 10.1 Å². The van der Waals surface area contributed by atoms with E-state index in [-0.39, 0.29) is 34.7 Å². The Morgan fingerprint density at radius 2 is 1.89 bits per heavy atom. The molecular formula is C21H22ClFN2O3. The summed E-state index contributed by atoms with van der Waals surface area (Å²) in [5, 5.41) is 3.15. The summed E-state index contributed by atoms with van der Waals surface area (Å²) in [6.45, 7) is 0.907. The molecule has 0 unspecified atom stereocenters. The van der Waals surface area contributed by atoms with Crippen molar-refractivity contribution in [3.63, 3.8) is 0 Å². The lowest BCUT2D eigenvalue weighted by Gasteiger charge is -2.31. The van der Waals surface area contributed by atoms with Gasteiger partial charge in [0.1, 0.15) is 11.6 Å². The van der Waals surface area contributed by atoms with Crippen molar-refractivity contribution in [1.29, 1.82) is 0 Å². The van der Waals surface area contributed by atoms with Crippen molar-refractivity contribution in [2.75, 3.05) is 25.5 Å². The van der Waals surface area contributed by atoms with E-state index in [0.717, 1.165) is 0 Å². The van der Waals surface area contributed by atoms with E-state index in [1.165, 1.54) is 12.1 Å². The number of amides is 2. The number of benzene rings is 2. The van der Waals surface area contributed by atoms with E-state index in [2.05, 4.69) is 5.32 Å². The summed E-state index contributed by atoms with van der Waals surface area (Å²) < 4.78 is 19.1. The van der Waals surface area contributed by atoms with Gasteiger partial charge in [0, 0.05) is 29.6 Å². The van der Waals surface area contributed by atoms with Gasteiger partial charge in [-0.1, -0.05) is 29.8 Å². The molecule has 1 saturated heterocycles. The molecule has 3 rings (SSSR count). The highest BCUT2D eigenvalue weighted by atomic mass is 35.5. The molecule has 1 aliphatic heterocycles. The Morgan fingerprint density at radius 1 is 1.18 bits per heavy atom. The summed E-state index contributed by atoms with van der Waals surface area (Å²) in [4.78, 5) is 26.7. The van der Waals surface area contributed by atoms with Crippen LogP contribution in [-0.2, 0) is 16.0 Å². The van der Waals surface area contributed by atoms with Gasteiger partial charge in [-0.15, -0.1) is 0 Å². The first-order valence-corrected chi connectivity index (χ1v) is 9.52. The summed E-state index contributed by atoms with van der Waals surface area (Å²) in [5.74, 6) is -0.340. The Bertz CT molecular complexity index is 846. The number of likely N-dealkylation sites (tertiary alicyclic amines) is 1. The second kappa shape index (κ2) is 9.06. The molecule has 148 valence electrons. The highest BCUT2D eigenvalue weighted by Crippen LogP contribution is 2.26. The number of rotatable bonds is 5. The van der Waals surface area contributed by atoms with Crippen molar-refractivity contribution in [3.8, 4) is 5.75 Å². The molecule has 2 amide bonds. The Kier molecular flexibility index (Phi) is 6.52. The third-order valence-corrected chi connectivity index (χ3v) is 5.33. The molecule has 0 atom stereocenters. The van der Waals surface area contributed by atoms with Crippen LogP contribution in [0.3, 0.4) is 0 Å². The minimum Gasteiger partial charge on any atom is -0.495 e. The number of hydrogen-bond acceptors (Lipinski definition) is 3. The predicted octanol–water partition coefficient (Wildman–Crippen LogP) is 3.91. The maximum absolute atomic E-state index is 13.9. The van der Waals surface area contributed by atoms with E-state index < -0.39 is 5.82 Å². The second-order valence-electron chi connectivity index (χ2n) is 6.72. The SMILES string of the molecule is COc1ccccc1NC(=O)C1CCN(C(=O)Cc2c(F)cccc2Cl)CC1. The number of carbonyl (C=O) groups excluding carboxylic acids is 2. The fourth-order valence-corrected chi connectivity index (χ4v) is 3.57. The second-order valence-corrected chi connectivity index (χ2v) is 7.13. The standard InChI is InChI=1S/C21H22ClFN2O3/c1-28-19-8-3-2-7-18(19)24-21(27)14-9-11-25(12-10-14)20(26)13-15-16(22)5-4-6-17(15)23/h2-8,14H,9-13H2,1H3,(H,24,27). The largest absolute Gasteiger partial charge is 0.495 e. The van der Waals surface area contributed by atoms with Crippen LogP contribution in [-0.4, -0.2) is 36.9 Å². The Hall–Kier alpha value is -2.60. The van der Waals surface area contributed by atoms with Crippen LogP contribution >= 0.6 is 11.6 Å². The lowest BCUT2D eigenvalue weighted by molar-refractivity contribution is -0.133. The van der Waals surface area contributed by atoms with Gasteiger partial charge in [-0.3, -0.25) is 9.59 Å². The van der Waals surface area contributed by atoms with Crippen molar-refractivity contribution >= 4 is 29.1 Å². The van der Waals surface area contributed by atoms with Crippen LogP contribution in [0.1, 0.15) is 18.4 Å². The predicted molar refractivity (Wildman–Crippen MR) is 106 cm³/mol. The summed E-state index contributed by atoms with van der Waals surface area (Å²) >= 11 is 6.01. The summed E-state index contributed by atoms with van der Waals surface area (Å²) in [7, 11) is 1.55. The van der Waals surface area contributed by atoms with Crippen molar-refractivity contribution in [1.82, 2.24) is 4.90 Å². The summed E-state index contributed by atoms with van der Waals surface area (Å²) in [6, 6.07) is 11.6. The van der Waals surface area contributed by atoms with Gasteiger partial charge in [0.15, 0.2) is 0 Å². The van der Waals surface area contributed by atoms with Crippen molar-refractivity contribution in [2.24, 2.45) is 5.92 Å². The van der Waals surface area contributed by atoms with Crippen LogP contribution in [0.2, 0.25) is 5.02 Å². The zero-order chi connectivity index (χ0) is 20.1. The zero-order valence-electron chi connectivity index (χ0n) is 15.6. The van der Waals surface area contributed by atoms with E-state index in [4.69, 9.17) is 16.3 Å². The minimum atomic E-state index is -0.480. The number of anilines is 1. The quantitative estimate of drug-likeness (QED) is 0.822. The molecule has 1 heterocycles. The topological polar surface area (TPSA) is 58.6 Å². The highest BCUT2D eigenvalue weighted by molar-refractivity contribution is 6.31. The highest BCUT2D eigenvalue weighted by Gasteiger charge is 2.28. The lowest BCUT2D eigenvalue weighted by atomic mass is 9.95. The van der Waals surface area contributed by atoms with Gasteiger partial charge in [0.2, 0.25) is 11.8 Å². The minimum absolute atomic E-state index is 0.0798. The van der Waals surface area contributed by atoms with Crippen LogP contribution in [0.5, 0.6) is 5.75 Å². The van der Waals surface area contributed by atoms with E-state index >= 15 is 0 Å². The average Bonchev–Trinajstić information content (AvgIpc) is 2.71. The Morgan fingerprint density at radius 3 is 2.57 bits per heavy atom. The van der Waals surface area contributed by atoms with Crippen molar-refractivity contribution in [2.45, 2.75) is 19.3 Å². The first-order chi connectivity index (χ1) is 13.5. The van der Waals surface area contributed by atoms with Gasteiger partial charge in [-0.05, 0) is 37.1 Å². The molecule has 0 aliphatic carbocycles. The molecule has 0 saturated carbocycles. The number of para-hydroxylation sites is 2. The molecule has 5 nitrogen and oxygen atoms in total. The van der Waals surface area contributed by atoms with Gasteiger partial charge in [-0.2, -0.15) is 0 Å². The molecule has 1 N–H and O–H groups in total. The fourth-order valence-electron chi connectivity index (χ4n) is 3.34. The number of methoxy groups -OCH3 is 1. The van der Waals surface area contributed by atoms with Gasteiger partial charge < -0.3 is 15.0 Å². The number of piperidine rings is 1. The molecule has 2 aromatic rings. The van der Waals surface area contributed by atoms with E-state index in [1.807, 2.05) is 12.1 Å². The Labute approximate surface area is 168 Å². The number of hydrogen-bond donors (Lipinski definition) is 1. The molecule has 0 spiro atoms. The first-order valence-electron chi connectivity index (χ1n) is 9.14. The monoisotopic (exact) mass is 404 g/mol. The molecule has 2 aromatic carbocycles. The third-order valence-electron chi connectivity index (χ3n) is 4.97. The van der Waals surface area contributed by atoms with E-state index in [0.29, 0.717) is 37.4 Å². The van der Waals surface area contributed by atoms with Gasteiger partial charge in [0.05, 0.1) is 19.2 Å². The van der Waals surface area contributed by atoms with Gasteiger partial charge in [0.25, 0.3) is 0 Å². The maximum atomic E-state index is 13.9. The fraction of sp³-hybridized carbons (Fsp3) is 0.333. The third kappa shape index (κ3) is 4.62. The van der Waals surface area contributed by atoms with Crippen LogP contribution in [0.15, 0.2) is 42.5 Å². The molecule has 1 fully saturated rings. The van der Waals surface area contributed by atoms with Crippen molar-refractivity contribution in [3.05, 3.63) is 58.9 Å². The molecule has 1 aliphatic rings. The summed E-state index contributed by atoms with van der Waals surface area (Å²) in [6.07, 6.45) is 1.03. The van der Waals surface area contributed by atoms with Crippen LogP contribution in [0, 0.1) is 11.7 Å².